The number of nitrogens with two attached hydrogens (primary N) is 1. The molecule has 12 unspecified atom stereocenters. The van der Waals surface area contributed by atoms with Gasteiger partial charge in [-0.2, -0.15) is 0 Å². The standard InChI is InChI=1S/C29H45N3O6.C21H34N2O4.C4H7N.2ClH.H14P12/c1-5-8-28(33)38-23-13-16-32(20-23)24-9-6-7-10-25(24)36-17-14-22-11-12-26(27(19-22)35-4)37-18-15-30-29(34)31-21(2)3;1-25-21-14-16(6-7-20(21)27-13-10-22)9-12-26-19-5-3-2-4-18(19)23-11-8-17(24)15-23;1-3-5-4-2;;;1-8(2)11(7)12(9(3)4)10(5)6/h11-12,19,23-25H,2,5-10,13-18,20H2,1,3-4H3,(H2,30,31,34);6-7,14,17-19,24H,2-5,8-13,15,22H2,1H3;1,4H2,2H3;2*1H;1-7H2/t23-,24?,25?;17-,18?,19?;;;;/m11..../s1. The van der Waals surface area contributed by atoms with E-state index in [-0.39, 0.29) is 96.2 Å². The number of nitrogens with zero attached hydrogens (tertiary/aromatic N) is 3. The zero-order valence-corrected chi connectivity index (χ0v) is 64.3. The van der Waals surface area contributed by atoms with Gasteiger partial charge in [-0.1, -0.05) is 51.3 Å². The Morgan fingerprint density at radius 3 is 1.67 bits per heavy atom. The minimum absolute atomic E-state index is 0. The van der Waals surface area contributed by atoms with Crippen LogP contribution in [0.25, 0.3) is 0 Å². The summed E-state index contributed by atoms with van der Waals surface area (Å²) in [6.45, 7) is 20.6. The van der Waals surface area contributed by atoms with Gasteiger partial charge in [0.25, 0.3) is 0 Å². The fraction of sp³-hybridized carbons (Fsp3) is 0.667. The maximum absolute atomic E-state index is 11.9. The van der Waals surface area contributed by atoms with Crippen LogP contribution in [0.1, 0.15) is 109 Å². The van der Waals surface area contributed by atoms with Crippen molar-refractivity contribution in [1.82, 2.24) is 20.4 Å². The van der Waals surface area contributed by atoms with Crippen molar-refractivity contribution >= 4 is 140 Å². The largest absolute Gasteiger partial charge is 0.493 e. The first kappa shape index (κ1) is 83.1. The van der Waals surface area contributed by atoms with Crippen molar-refractivity contribution in [2.24, 2.45) is 10.7 Å². The number of esters is 1. The molecule has 30 heteroatoms. The second-order valence-electron chi connectivity index (χ2n) is 20.1. The van der Waals surface area contributed by atoms with E-state index in [2.05, 4.69) is 113 Å². The average Bonchev–Trinajstić information content (AvgIpc) is 4.32. The molecule has 2 saturated carbocycles. The van der Waals surface area contributed by atoms with Gasteiger partial charge in [0.1, 0.15) is 19.3 Å². The molecule has 2 aliphatic heterocycles. The Labute approximate surface area is 538 Å². The molecule has 0 bridgehead atoms. The van der Waals surface area contributed by atoms with Gasteiger partial charge in [0, 0.05) is 63.5 Å². The number of carbonyl (C=O) groups excluding carboxylic acids is 2. The normalized spacial score (nSPS) is 20.7. The highest BCUT2D eigenvalue weighted by molar-refractivity contribution is 9.21. The van der Waals surface area contributed by atoms with E-state index in [9.17, 15) is 14.7 Å². The van der Waals surface area contributed by atoms with Crippen LogP contribution in [0.2, 0.25) is 0 Å². The number of aliphatic hydroxyl groups excluding tert-OH is 1. The third-order valence-corrected chi connectivity index (χ3v) is 80.4. The topological polar surface area (TPSA) is 188 Å². The Balaban J connectivity index is 0.000000664. The van der Waals surface area contributed by atoms with Gasteiger partial charge in [-0.05, 0) is 154 Å². The first-order valence-corrected chi connectivity index (χ1v) is 49.3. The summed E-state index contributed by atoms with van der Waals surface area (Å²) < 4.78 is 40.8. The van der Waals surface area contributed by atoms with Crippen LogP contribution < -0.4 is 35.3 Å². The first-order valence-electron chi connectivity index (χ1n) is 28.4. The maximum Gasteiger partial charge on any atom is 0.319 e. The number of allylic oxidation sites excluding steroid dienone is 1. The van der Waals surface area contributed by atoms with Gasteiger partial charge in [0.15, 0.2) is 23.0 Å². The lowest BCUT2D eigenvalue weighted by atomic mass is 9.91. The summed E-state index contributed by atoms with van der Waals surface area (Å²) in [5, 5.41) is 15.2. The number of benzene rings is 2. The van der Waals surface area contributed by atoms with Crippen LogP contribution in [0.3, 0.4) is 0 Å². The van der Waals surface area contributed by atoms with Crippen molar-refractivity contribution in [2.75, 3.05) is 86.5 Å². The molecule has 0 spiro atoms. The molecule has 16 nitrogen and oxygen atoms in total. The molecular formula is C54H102Cl2N6O10P12. The van der Waals surface area contributed by atoms with Crippen molar-refractivity contribution in [3.8, 4) is 23.0 Å². The van der Waals surface area contributed by atoms with Crippen molar-refractivity contribution in [3.63, 3.8) is 0 Å². The molecule has 2 aromatic carbocycles. The number of hydrogen-bond acceptors (Lipinski definition) is 14. The number of halogens is 2. The number of methoxy groups -OCH3 is 2. The number of rotatable bonds is 28. The number of β-amino-alcohol motifs (C(OH)–C–C–N with tert-alkyl or cyclic N) is 1. The number of ether oxygens (including phenoxy) is 7. The quantitative estimate of drug-likeness (QED) is 0.0273. The van der Waals surface area contributed by atoms with E-state index in [1.165, 1.54) is 37.7 Å². The van der Waals surface area contributed by atoms with Gasteiger partial charge in [-0.15, -0.1) is 87.3 Å². The number of nitrogens with one attached hydrogen (secondary N) is 2. The third-order valence-electron chi connectivity index (χ3n) is 13.7. The van der Waals surface area contributed by atoms with Crippen molar-refractivity contribution < 1.29 is 47.9 Å². The predicted molar refractivity (Wildman–Crippen MR) is 393 cm³/mol. The van der Waals surface area contributed by atoms with Gasteiger partial charge in [0.05, 0.1) is 52.3 Å². The second-order valence-corrected chi connectivity index (χ2v) is 65.0. The highest BCUT2D eigenvalue weighted by atomic mass is 35.5. The second kappa shape index (κ2) is 48.8. The molecule has 0 aromatic heterocycles. The summed E-state index contributed by atoms with van der Waals surface area (Å²) in [6.07, 6.45) is 14.5. The zero-order chi connectivity index (χ0) is 60.4. The lowest BCUT2D eigenvalue weighted by Gasteiger charge is -2.37. The number of amides is 2. The Bertz CT molecular complexity index is 2200. The number of urea groups is 1. The fourth-order valence-electron chi connectivity index (χ4n) is 9.95. The van der Waals surface area contributed by atoms with Gasteiger partial charge in [-0.3, -0.25) is 14.6 Å². The third kappa shape index (κ3) is 32.6. The van der Waals surface area contributed by atoms with Gasteiger partial charge >= 0.3 is 12.0 Å². The minimum Gasteiger partial charge on any atom is -0.493 e. The highest BCUT2D eigenvalue weighted by Gasteiger charge is 2.37. The van der Waals surface area contributed by atoms with Crippen LogP contribution in [-0.4, -0.2) is 156 Å². The van der Waals surface area contributed by atoms with E-state index in [0.717, 1.165) is 101 Å². The van der Waals surface area contributed by atoms with Crippen molar-refractivity contribution in [2.45, 2.75) is 147 Å². The smallest absolute Gasteiger partial charge is 0.319 e. The highest BCUT2D eigenvalue weighted by Crippen LogP contribution is 3.16. The summed E-state index contributed by atoms with van der Waals surface area (Å²) in [5.74, 6) is 5.07. The molecule has 2 aliphatic carbocycles. The summed E-state index contributed by atoms with van der Waals surface area (Å²) in [6, 6.07) is 12.5. The molecule has 482 valence electrons. The van der Waals surface area contributed by atoms with Gasteiger partial charge in [0.2, 0.25) is 0 Å². The molecule has 2 heterocycles. The number of hydrogen-bond donors (Lipinski definition) is 4. The lowest BCUT2D eigenvalue weighted by Crippen LogP contribution is -2.46. The van der Waals surface area contributed by atoms with Crippen molar-refractivity contribution in [1.29, 1.82) is 0 Å². The molecule has 14 atom stereocenters. The number of aliphatic hydroxyl groups is 1. The van der Waals surface area contributed by atoms with Gasteiger partial charge < -0.3 is 54.6 Å². The molecule has 84 heavy (non-hydrogen) atoms. The molecule has 2 aromatic rings. The molecule has 5 N–H and O–H groups in total. The zero-order valence-electron chi connectivity index (χ0n) is 50.2. The number of carbonyl (C=O) groups is 2. The van der Waals surface area contributed by atoms with E-state index in [0.29, 0.717) is 75.2 Å². The van der Waals surface area contributed by atoms with Crippen LogP contribution in [0.15, 0.2) is 60.2 Å². The number of likely N-dealkylation sites (tertiary alicyclic amines) is 2. The van der Waals surface area contributed by atoms with E-state index >= 15 is 0 Å². The monoisotopic (exact) mass is 1440 g/mol. The maximum atomic E-state index is 11.9. The average molecular weight is 1440 g/mol. The molecule has 2 amide bonds. The minimum atomic E-state index is -0.302. The fourth-order valence-corrected chi connectivity index (χ4v) is 112. The predicted octanol–water partition coefficient (Wildman–Crippen LogP) is 14.5. The Hall–Kier alpha value is 1.07. The molecule has 0 radical (unpaired) electrons. The van der Waals surface area contributed by atoms with Crippen LogP contribution in [0, 0.1) is 0 Å². The number of aliphatic imine (C=N–C) groups is 1. The summed E-state index contributed by atoms with van der Waals surface area (Å²) in [4.78, 5) is 32.0. The summed E-state index contributed by atoms with van der Waals surface area (Å²) in [7, 11) is 24.3. The molecule has 4 fully saturated rings. The molecule has 4 aliphatic rings. The molecule has 2 saturated heterocycles. The van der Waals surface area contributed by atoms with Crippen LogP contribution in [-0.2, 0) is 31.8 Å². The Morgan fingerprint density at radius 2 is 1.25 bits per heavy atom. The Morgan fingerprint density at radius 1 is 0.738 bits per heavy atom. The lowest BCUT2D eigenvalue weighted by molar-refractivity contribution is -0.148. The van der Waals surface area contributed by atoms with Gasteiger partial charge in [-0.25, -0.2) is 9.79 Å². The van der Waals surface area contributed by atoms with Crippen LogP contribution >= 0.6 is 122 Å². The van der Waals surface area contributed by atoms with E-state index < -0.39 is 0 Å². The van der Waals surface area contributed by atoms with Crippen LogP contribution in [0.4, 0.5) is 4.79 Å². The van der Waals surface area contributed by atoms with E-state index in [1.54, 1.807) is 21.1 Å². The SMILES string of the molecule is C=C(C)NC(=O)NCCOc1ccc(CCOC2CCCCC2N2CC[C@@H](OC(=O)CCC)C2)cc1OC.C=C=NCC.COc1cc(CCOC2CCCCC2N2CC[C@@H](O)C2)ccc1OCCN.Cl.Cl.PP(P)P(P)P(P(P)P)P(P)P. The molecular weight excluding hydrogens is 1340 g/mol. The summed E-state index contributed by atoms with van der Waals surface area (Å²) in [5.41, 5.74) is 8.37. The first-order chi connectivity index (χ1) is 39.4. The Kier molecular flexibility index (Phi) is 48.2. The van der Waals surface area contributed by atoms with E-state index in [1.807, 2.05) is 44.2 Å². The summed E-state index contributed by atoms with van der Waals surface area (Å²) >= 11 is 0. The van der Waals surface area contributed by atoms with Crippen molar-refractivity contribution in [3.05, 3.63) is 66.4 Å². The molecule has 6 rings (SSSR count). The van der Waals surface area contributed by atoms with E-state index in [4.69, 9.17) is 38.9 Å². The van der Waals surface area contributed by atoms with Crippen LogP contribution in [0.5, 0.6) is 23.0 Å².